The zero-order valence-corrected chi connectivity index (χ0v) is 24.4. The van der Waals surface area contributed by atoms with Crippen LogP contribution in [0.15, 0.2) is 90.5 Å². The number of H-pyrrole nitrogens is 1. The predicted molar refractivity (Wildman–Crippen MR) is 163 cm³/mol. The van der Waals surface area contributed by atoms with Crippen LogP contribution in [0.2, 0.25) is 0 Å². The average Bonchev–Trinajstić information content (AvgIpc) is 3.83. The van der Waals surface area contributed by atoms with Crippen LogP contribution in [0.25, 0.3) is 5.69 Å². The summed E-state index contributed by atoms with van der Waals surface area (Å²) in [5, 5.41) is 10.4. The number of nitrogens with one attached hydrogen (secondary N) is 1. The van der Waals surface area contributed by atoms with E-state index in [-0.39, 0.29) is 18.2 Å². The molecule has 5 aromatic rings. The lowest BCUT2D eigenvalue weighted by atomic mass is 9.87. The molecule has 3 aromatic carbocycles. The third kappa shape index (κ3) is 6.03. The van der Waals surface area contributed by atoms with Crippen molar-refractivity contribution in [3.8, 4) is 11.4 Å². The first-order chi connectivity index (χ1) is 22.0. The summed E-state index contributed by atoms with van der Waals surface area (Å²) in [6.45, 7) is 4.51. The summed E-state index contributed by atoms with van der Waals surface area (Å²) in [4.78, 5) is 20.5. The second kappa shape index (κ2) is 12.2. The summed E-state index contributed by atoms with van der Waals surface area (Å²) in [5.74, 6) is -0.530. The summed E-state index contributed by atoms with van der Waals surface area (Å²) >= 11 is 0. The lowest BCUT2D eigenvalue weighted by Gasteiger charge is -2.37. The molecule has 45 heavy (non-hydrogen) atoms. The van der Waals surface area contributed by atoms with Gasteiger partial charge in [-0.05, 0) is 61.0 Å². The minimum Gasteiger partial charge on any atom is -0.493 e. The minimum atomic E-state index is -1.01. The van der Waals surface area contributed by atoms with Gasteiger partial charge >= 0.3 is 5.69 Å². The highest BCUT2D eigenvalue weighted by Gasteiger charge is 2.44. The molecular formula is C32H32F2N8O3. The number of ether oxygens (including phenoxy) is 2. The van der Waals surface area contributed by atoms with Gasteiger partial charge in [-0.3, -0.25) is 0 Å². The summed E-state index contributed by atoms with van der Waals surface area (Å²) < 4.78 is 44.0. The molecule has 0 aliphatic carbocycles. The fourth-order valence-corrected chi connectivity index (χ4v) is 6.23. The van der Waals surface area contributed by atoms with Crippen molar-refractivity contribution < 1.29 is 18.3 Å². The van der Waals surface area contributed by atoms with E-state index in [0.717, 1.165) is 55.1 Å². The number of halogens is 2. The molecule has 7 rings (SSSR count). The fraction of sp³-hybridized carbons (Fsp3) is 0.312. The third-order valence-corrected chi connectivity index (χ3v) is 8.53. The molecule has 0 bridgehead atoms. The number of piperazine rings is 1. The standard InChI is InChI=1S/C32H32F2N8O3/c33-24-1-10-29(30(34)15-24)32(19-41-21-35-20-37-41)16-23(18-45-32)17-44-28-8-6-26(7-9-28)40-13-11-39(12-14-40)25-2-4-27(5-3-25)42-22-36-38-31(42)43/h1-10,15,20-23H,11-14,16-19H2,(H,38,43)/t23-,32+/m0/s1. The highest BCUT2D eigenvalue weighted by atomic mass is 19.1. The summed E-state index contributed by atoms with van der Waals surface area (Å²) in [6, 6.07) is 19.6. The smallest absolute Gasteiger partial charge is 0.347 e. The van der Waals surface area contributed by atoms with Crippen LogP contribution in [0, 0.1) is 17.6 Å². The molecule has 2 aliphatic heterocycles. The maximum absolute atomic E-state index is 14.9. The summed E-state index contributed by atoms with van der Waals surface area (Å²) in [7, 11) is 0. The second-order valence-electron chi connectivity index (χ2n) is 11.4. The van der Waals surface area contributed by atoms with E-state index in [4.69, 9.17) is 9.47 Å². The molecule has 232 valence electrons. The van der Waals surface area contributed by atoms with Crippen LogP contribution in [0.1, 0.15) is 12.0 Å². The zero-order chi connectivity index (χ0) is 30.8. The third-order valence-electron chi connectivity index (χ3n) is 8.53. The van der Waals surface area contributed by atoms with Crippen molar-refractivity contribution in [1.29, 1.82) is 0 Å². The van der Waals surface area contributed by atoms with Gasteiger partial charge in [0.15, 0.2) is 0 Å². The number of aromatic amines is 1. The molecule has 13 heteroatoms. The maximum Gasteiger partial charge on any atom is 0.347 e. The quantitative estimate of drug-likeness (QED) is 0.268. The van der Waals surface area contributed by atoms with E-state index in [9.17, 15) is 13.6 Å². The van der Waals surface area contributed by atoms with Gasteiger partial charge in [0.25, 0.3) is 0 Å². The lowest BCUT2D eigenvalue weighted by Crippen LogP contribution is -2.46. The predicted octanol–water partition coefficient (Wildman–Crippen LogP) is 3.77. The van der Waals surface area contributed by atoms with Crippen molar-refractivity contribution in [2.24, 2.45) is 5.92 Å². The largest absolute Gasteiger partial charge is 0.493 e. The van der Waals surface area contributed by atoms with Gasteiger partial charge in [0, 0.05) is 55.1 Å². The highest BCUT2D eigenvalue weighted by Crippen LogP contribution is 2.42. The van der Waals surface area contributed by atoms with Crippen molar-refractivity contribution in [1.82, 2.24) is 29.5 Å². The van der Waals surface area contributed by atoms with Gasteiger partial charge in [0.1, 0.15) is 42.0 Å². The molecule has 1 N–H and O–H groups in total. The van der Waals surface area contributed by atoms with Crippen molar-refractivity contribution in [3.63, 3.8) is 0 Å². The topological polar surface area (TPSA) is 106 Å². The molecule has 2 aliphatic rings. The van der Waals surface area contributed by atoms with Gasteiger partial charge in [0.2, 0.25) is 0 Å². The number of nitrogens with zero attached hydrogens (tertiary/aromatic N) is 7. The summed E-state index contributed by atoms with van der Waals surface area (Å²) in [6.07, 6.45) is 4.94. The Morgan fingerprint density at radius 1 is 0.911 bits per heavy atom. The van der Waals surface area contributed by atoms with Crippen LogP contribution in [0.3, 0.4) is 0 Å². The number of benzene rings is 3. The number of hydrogen-bond acceptors (Lipinski definition) is 8. The van der Waals surface area contributed by atoms with Crippen LogP contribution >= 0.6 is 0 Å². The normalized spacial score (nSPS) is 20.1. The van der Waals surface area contributed by atoms with E-state index in [1.54, 1.807) is 11.0 Å². The van der Waals surface area contributed by atoms with Gasteiger partial charge in [0.05, 0.1) is 25.4 Å². The van der Waals surface area contributed by atoms with Gasteiger partial charge in [-0.2, -0.15) is 10.2 Å². The number of anilines is 2. The monoisotopic (exact) mass is 614 g/mol. The van der Waals surface area contributed by atoms with Crippen molar-refractivity contribution in [3.05, 3.63) is 113 Å². The Kier molecular flexibility index (Phi) is 7.76. The van der Waals surface area contributed by atoms with E-state index in [1.165, 1.54) is 29.4 Å². The van der Waals surface area contributed by atoms with Crippen LogP contribution in [0.5, 0.6) is 5.75 Å². The molecular weight excluding hydrogens is 582 g/mol. The van der Waals surface area contributed by atoms with E-state index in [2.05, 4.69) is 42.2 Å². The van der Waals surface area contributed by atoms with Crippen LogP contribution < -0.4 is 20.2 Å². The van der Waals surface area contributed by atoms with Crippen molar-refractivity contribution in [2.75, 3.05) is 49.2 Å². The first-order valence-electron chi connectivity index (χ1n) is 14.8. The molecule has 4 heterocycles. The first-order valence-corrected chi connectivity index (χ1v) is 14.8. The zero-order valence-electron chi connectivity index (χ0n) is 24.4. The molecule has 2 fully saturated rings. The lowest BCUT2D eigenvalue weighted by molar-refractivity contribution is -0.0206. The van der Waals surface area contributed by atoms with Gasteiger partial charge in [-0.25, -0.2) is 32.9 Å². The Balaban J connectivity index is 0.936. The number of hydrogen-bond donors (Lipinski definition) is 1. The molecule has 0 radical (unpaired) electrons. The molecule has 0 unspecified atom stereocenters. The Bertz CT molecular complexity index is 1780. The van der Waals surface area contributed by atoms with Crippen LogP contribution in [-0.2, 0) is 16.9 Å². The average molecular weight is 615 g/mol. The van der Waals surface area contributed by atoms with E-state index < -0.39 is 17.2 Å². The van der Waals surface area contributed by atoms with Gasteiger partial charge < -0.3 is 19.3 Å². The van der Waals surface area contributed by atoms with Crippen molar-refractivity contribution in [2.45, 2.75) is 18.6 Å². The SMILES string of the molecule is O=c1[nH]ncn1-c1ccc(N2CCN(c3ccc(OC[C@H]4CO[C@](Cn5cncn5)(c5ccc(F)cc5F)C4)cc3)CC2)cc1. The molecule has 0 saturated carbocycles. The highest BCUT2D eigenvalue weighted by molar-refractivity contribution is 5.54. The maximum atomic E-state index is 14.9. The number of rotatable bonds is 9. The Hall–Kier alpha value is -5.04. The fourth-order valence-electron chi connectivity index (χ4n) is 6.23. The molecule has 2 atom stereocenters. The van der Waals surface area contributed by atoms with Gasteiger partial charge in [-0.1, -0.05) is 6.07 Å². The van der Waals surface area contributed by atoms with E-state index in [1.807, 2.05) is 36.4 Å². The van der Waals surface area contributed by atoms with Crippen LogP contribution in [0.4, 0.5) is 20.2 Å². The second-order valence-corrected chi connectivity index (χ2v) is 11.4. The van der Waals surface area contributed by atoms with Crippen molar-refractivity contribution >= 4 is 11.4 Å². The minimum absolute atomic E-state index is 0.000400. The first kappa shape index (κ1) is 28.7. The molecule has 0 spiro atoms. The molecule has 2 aromatic heterocycles. The Morgan fingerprint density at radius 2 is 1.60 bits per heavy atom. The Labute approximate surface area is 257 Å². The number of aromatic nitrogens is 6. The van der Waals surface area contributed by atoms with Crippen LogP contribution in [-0.4, -0.2) is 68.9 Å². The van der Waals surface area contributed by atoms with E-state index >= 15 is 0 Å². The Morgan fingerprint density at radius 3 is 2.22 bits per heavy atom. The molecule has 2 saturated heterocycles. The van der Waals surface area contributed by atoms with E-state index in [0.29, 0.717) is 25.2 Å². The summed E-state index contributed by atoms with van der Waals surface area (Å²) in [5.41, 5.74) is 2.04. The molecule has 11 nitrogen and oxygen atoms in total. The molecule has 0 amide bonds. The van der Waals surface area contributed by atoms with Gasteiger partial charge in [-0.15, -0.1) is 0 Å².